The van der Waals surface area contributed by atoms with Crippen molar-refractivity contribution in [3.63, 3.8) is 0 Å². The molecule has 0 amide bonds. The van der Waals surface area contributed by atoms with Gasteiger partial charge in [0.05, 0.1) is 11.3 Å². The number of halogens is 5. The summed E-state index contributed by atoms with van der Waals surface area (Å²) in [4.78, 5) is 5.00. The molecule has 2 nitrogen and oxygen atoms in total. The molecule has 0 aliphatic heterocycles. The van der Waals surface area contributed by atoms with E-state index in [-0.39, 0.29) is 22.0 Å². The number of alkyl halides is 3. The molecule has 0 N–H and O–H groups in total. The molecule has 0 fully saturated rings. The van der Waals surface area contributed by atoms with Crippen LogP contribution in [0.2, 0.25) is 5.02 Å². The molecule has 2 aromatic carbocycles. The minimum Gasteiger partial charge on any atom is -0.357 e. The maximum Gasteiger partial charge on any atom is 0.417 e. The van der Waals surface area contributed by atoms with Gasteiger partial charge < -0.3 is 4.84 Å². The Morgan fingerprint density at radius 1 is 1.09 bits per heavy atom. The lowest BCUT2D eigenvalue weighted by Gasteiger charge is -2.12. The van der Waals surface area contributed by atoms with E-state index in [9.17, 15) is 17.6 Å². The van der Waals surface area contributed by atoms with Crippen LogP contribution in [0.5, 0.6) is 5.75 Å². The van der Waals surface area contributed by atoms with Crippen LogP contribution in [0, 0.1) is 5.82 Å². The maximum atomic E-state index is 13.0. The number of benzene rings is 2. The Morgan fingerprint density at radius 2 is 1.73 bits per heavy atom. The molecule has 0 radical (unpaired) electrons. The van der Waals surface area contributed by atoms with Crippen molar-refractivity contribution >= 4 is 17.3 Å². The Hall–Kier alpha value is -2.08. The van der Waals surface area contributed by atoms with E-state index < -0.39 is 17.6 Å². The van der Waals surface area contributed by atoms with Gasteiger partial charge in [-0.3, -0.25) is 0 Å². The average molecular weight is 332 g/mol. The Balaban J connectivity index is 2.32. The Bertz CT molecular complexity index is 696. The predicted octanol–water partition coefficient (Wildman–Crippen LogP) is 5.30. The van der Waals surface area contributed by atoms with Gasteiger partial charge in [-0.15, -0.1) is 0 Å². The van der Waals surface area contributed by atoms with E-state index in [0.29, 0.717) is 0 Å². The second-order valence-corrected chi connectivity index (χ2v) is 4.85. The van der Waals surface area contributed by atoms with Crippen LogP contribution < -0.4 is 4.84 Å². The molecule has 0 unspecified atom stereocenters. The average Bonchev–Trinajstić information content (AvgIpc) is 2.45. The van der Waals surface area contributed by atoms with Crippen LogP contribution in [-0.4, -0.2) is 5.71 Å². The molecule has 0 aliphatic carbocycles. The maximum absolute atomic E-state index is 13.0. The van der Waals surface area contributed by atoms with E-state index in [1.807, 2.05) is 0 Å². The van der Waals surface area contributed by atoms with Gasteiger partial charge in [0.15, 0.2) is 5.75 Å². The molecule has 0 aromatic heterocycles. The van der Waals surface area contributed by atoms with Gasteiger partial charge in [-0.2, -0.15) is 13.2 Å². The highest BCUT2D eigenvalue weighted by atomic mass is 35.5. The lowest BCUT2D eigenvalue weighted by Crippen LogP contribution is -2.12. The molecular formula is C15H10ClF4NO. The largest absolute Gasteiger partial charge is 0.417 e. The van der Waals surface area contributed by atoms with Crippen molar-refractivity contribution in [2.24, 2.45) is 5.16 Å². The van der Waals surface area contributed by atoms with Crippen LogP contribution in [-0.2, 0) is 6.18 Å². The summed E-state index contributed by atoms with van der Waals surface area (Å²) in [5, 5.41) is 3.80. The van der Waals surface area contributed by atoms with E-state index in [2.05, 4.69) is 5.16 Å². The topological polar surface area (TPSA) is 21.6 Å². The third-order valence-electron chi connectivity index (χ3n) is 2.78. The number of rotatable bonds is 3. The van der Waals surface area contributed by atoms with Crippen LogP contribution >= 0.6 is 11.6 Å². The van der Waals surface area contributed by atoms with E-state index in [4.69, 9.17) is 16.4 Å². The van der Waals surface area contributed by atoms with Crippen LogP contribution in [0.3, 0.4) is 0 Å². The number of nitrogens with zero attached hydrogens (tertiary/aromatic N) is 1. The number of hydrogen-bond donors (Lipinski definition) is 0. The summed E-state index contributed by atoms with van der Waals surface area (Å²) in [6.45, 7) is 1.37. The van der Waals surface area contributed by atoms with Gasteiger partial charge >= 0.3 is 6.18 Å². The zero-order valence-corrected chi connectivity index (χ0v) is 12.0. The van der Waals surface area contributed by atoms with Crippen molar-refractivity contribution in [3.05, 3.63) is 64.4 Å². The summed E-state index contributed by atoms with van der Waals surface area (Å²) in [5.74, 6) is -0.251. The van der Waals surface area contributed by atoms with Crippen LogP contribution in [0.15, 0.2) is 47.6 Å². The molecule has 116 valence electrons. The molecule has 0 atom stereocenters. The second-order valence-electron chi connectivity index (χ2n) is 4.41. The van der Waals surface area contributed by atoms with Crippen molar-refractivity contribution in [3.8, 4) is 5.75 Å². The van der Waals surface area contributed by atoms with Gasteiger partial charge in [0, 0.05) is 10.6 Å². The quantitative estimate of drug-likeness (QED) is 0.425. The second kappa shape index (κ2) is 6.36. The molecule has 0 bridgehead atoms. The first-order valence-corrected chi connectivity index (χ1v) is 6.49. The highest BCUT2D eigenvalue weighted by Gasteiger charge is 2.34. The van der Waals surface area contributed by atoms with Gasteiger partial charge in [0.25, 0.3) is 0 Å². The lowest BCUT2D eigenvalue weighted by atomic mass is 10.0. The smallest absolute Gasteiger partial charge is 0.357 e. The summed E-state index contributed by atoms with van der Waals surface area (Å²) in [6.07, 6.45) is -4.54. The molecule has 0 spiro atoms. The molecule has 22 heavy (non-hydrogen) atoms. The fourth-order valence-corrected chi connectivity index (χ4v) is 1.90. The van der Waals surface area contributed by atoms with E-state index in [0.717, 1.165) is 30.3 Å². The number of oxime groups is 1. The first-order chi connectivity index (χ1) is 10.3. The van der Waals surface area contributed by atoms with E-state index in [1.54, 1.807) is 0 Å². The van der Waals surface area contributed by atoms with Gasteiger partial charge in [-0.05, 0) is 49.4 Å². The van der Waals surface area contributed by atoms with Crippen LogP contribution in [0.1, 0.15) is 18.1 Å². The zero-order valence-electron chi connectivity index (χ0n) is 11.3. The zero-order chi connectivity index (χ0) is 16.3. The highest BCUT2D eigenvalue weighted by molar-refractivity contribution is 6.31. The summed E-state index contributed by atoms with van der Waals surface area (Å²) in [6, 6.07) is 8.14. The first kappa shape index (κ1) is 16.3. The van der Waals surface area contributed by atoms with Crippen molar-refractivity contribution in [2.75, 3.05) is 0 Å². The SMILES string of the molecule is CC(=NOc1ccc(F)cc1)c1cc(Cl)ccc1C(F)(F)F. The summed E-state index contributed by atoms with van der Waals surface area (Å²) in [7, 11) is 0. The summed E-state index contributed by atoms with van der Waals surface area (Å²) < 4.78 is 51.7. The molecule has 0 saturated heterocycles. The molecule has 7 heteroatoms. The van der Waals surface area contributed by atoms with Crippen molar-refractivity contribution in [2.45, 2.75) is 13.1 Å². The lowest BCUT2D eigenvalue weighted by molar-refractivity contribution is -0.137. The molecule has 2 aromatic rings. The van der Waals surface area contributed by atoms with Crippen molar-refractivity contribution in [1.29, 1.82) is 0 Å². The standard InChI is InChI=1S/C15H10ClF4NO/c1-9(21-22-12-5-3-11(17)4-6-12)13-8-10(16)2-7-14(13)15(18,19)20/h2-8H,1H3. The van der Waals surface area contributed by atoms with Gasteiger partial charge in [-0.25, -0.2) is 4.39 Å². The Kier molecular flexibility index (Phi) is 4.71. The fraction of sp³-hybridized carbons (Fsp3) is 0.133. The van der Waals surface area contributed by atoms with Gasteiger partial charge in [0.1, 0.15) is 5.82 Å². The van der Waals surface area contributed by atoms with Gasteiger partial charge in [-0.1, -0.05) is 16.8 Å². The minimum atomic E-state index is -4.54. The van der Waals surface area contributed by atoms with Gasteiger partial charge in [0.2, 0.25) is 0 Å². The monoisotopic (exact) mass is 331 g/mol. The van der Waals surface area contributed by atoms with Crippen molar-refractivity contribution in [1.82, 2.24) is 0 Å². The third-order valence-corrected chi connectivity index (χ3v) is 3.01. The van der Waals surface area contributed by atoms with E-state index in [1.165, 1.54) is 19.1 Å². The summed E-state index contributed by atoms with van der Waals surface area (Å²) >= 11 is 5.74. The number of hydrogen-bond acceptors (Lipinski definition) is 2. The molecule has 2 rings (SSSR count). The highest BCUT2D eigenvalue weighted by Crippen LogP contribution is 2.33. The molecule has 0 saturated carbocycles. The fourth-order valence-electron chi connectivity index (χ4n) is 1.73. The normalized spacial score (nSPS) is 12.4. The van der Waals surface area contributed by atoms with E-state index >= 15 is 0 Å². The molecule has 0 aliphatic rings. The Morgan fingerprint density at radius 3 is 2.32 bits per heavy atom. The summed E-state index contributed by atoms with van der Waals surface area (Å²) in [5.41, 5.74) is -1.04. The van der Waals surface area contributed by atoms with Crippen molar-refractivity contribution < 1.29 is 22.4 Å². The Labute approximate surface area is 129 Å². The predicted molar refractivity (Wildman–Crippen MR) is 75.7 cm³/mol. The molecular weight excluding hydrogens is 322 g/mol. The third kappa shape index (κ3) is 3.98. The van der Waals surface area contributed by atoms with Crippen LogP contribution in [0.25, 0.3) is 0 Å². The minimum absolute atomic E-state index is 0.000787. The first-order valence-electron chi connectivity index (χ1n) is 6.11. The van der Waals surface area contributed by atoms with Crippen LogP contribution in [0.4, 0.5) is 17.6 Å². The molecule has 0 heterocycles.